The number of amides is 1. The average Bonchev–Trinajstić information content (AvgIpc) is 2.14. The summed E-state index contributed by atoms with van der Waals surface area (Å²) in [5.74, 6) is -0.0154. The second-order valence-electron chi connectivity index (χ2n) is 4.18. The number of rotatable bonds is 5. The van der Waals surface area contributed by atoms with Crippen LogP contribution >= 0.6 is 0 Å². The lowest BCUT2D eigenvalue weighted by molar-refractivity contribution is -0.137. The molecule has 0 saturated heterocycles. The number of aliphatic hydroxyl groups is 1. The van der Waals surface area contributed by atoms with Gasteiger partial charge in [0.2, 0.25) is 5.91 Å². The Balaban J connectivity index is 4.21. The molecule has 0 spiro atoms. The van der Waals surface area contributed by atoms with Gasteiger partial charge >= 0.3 is 0 Å². The number of hydrogen-bond donors (Lipinski definition) is 1. The number of carbonyl (C=O) groups excluding carboxylic acids is 1. The summed E-state index contributed by atoms with van der Waals surface area (Å²) in [4.78, 5) is 13.2. The maximum absolute atomic E-state index is 11.7. The van der Waals surface area contributed by atoms with Gasteiger partial charge in [-0.15, -0.1) is 0 Å². The van der Waals surface area contributed by atoms with Gasteiger partial charge in [0.1, 0.15) is 0 Å². The van der Waals surface area contributed by atoms with Crippen molar-refractivity contribution >= 4 is 5.91 Å². The number of ether oxygens (including phenoxy) is 1. The van der Waals surface area contributed by atoms with Crippen molar-refractivity contribution in [3.63, 3.8) is 0 Å². The first-order valence-corrected chi connectivity index (χ1v) is 4.75. The van der Waals surface area contributed by atoms with Crippen molar-refractivity contribution in [1.29, 1.82) is 0 Å². The van der Waals surface area contributed by atoms with E-state index < -0.39 is 5.60 Å². The highest BCUT2D eigenvalue weighted by Gasteiger charge is 2.24. The highest BCUT2D eigenvalue weighted by molar-refractivity contribution is 5.77. The van der Waals surface area contributed by atoms with Crippen LogP contribution in [0.2, 0.25) is 0 Å². The van der Waals surface area contributed by atoms with E-state index >= 15 is 0 Å². The Morgan fingerprint density at radius 1 is 1.57 bits per heavy atom. The molecule has 0 rings (SSSR count). The standard InChI is InChI=1S/C10H21NO3/c1-8(7-12)11(4)9(13)6-10(2,3)14-5/h8,12H,6-7H2,1-5H3. The van der Waals surface area contributed by atoms with E-state index in [1.807, 2.05) is 13.8 Å². The van der Waals surface area contributed by atoms with Crippen LogP contribution in [0.15, 0.2) is 0 Å². The molecule has 0 fully saturated rings. The van der Waals surface area contributed by atoms with E-state index in [0.717, 1.165) is 0 Å². The third-order valence-corrected chi connectivity index (χ3v) is 2.45. The summed E-state index contributed by atoms with van der Waals surface area (Å²) in [5, 5.41) is 8.88. The molecule has 1 amide bonds. The maximum atomic E-state index is 11.7. The van der Waals surface area contributed by atoms with E-state index in [9.17, 15) is 4.79 Å². The predicted octanol–water partition coefficient (Wildman–Crippen LogP) is 0.641. The zero-order chi connectivity index (χ0) is 11.4. The van der Waals surface area contributed by atoms with Gasteiger partial charge in [-0.3, -0.25) is 4.79 Å². The van der Waals surface area contributed by atoms with Gasteiger partial charge < -0.3 is 14.7 Å². The third kappa shape index (κ3) is 4.07. The Morgan fingerprint density at radius 2 is 2.07 bits per heavy atom. The average molecular weight is 203 g/mol. The van der Waals surface area contributed by atoms with Crippen LogP contribution in [-0.4, -0.2) is 48.3 Å². The van der Waals surface area contributed by atoms with Gasteiger partial charge in [-0.1, -0.05) is 0 Å². The summed E-state index contributed by atoms with van der Waals surface area (Å²) in [6.07, 6.45) is 0.324. The summed E-state index contributed by atoms with van der Waals surface area (Å²) in [5.41, 5.74) is -0.444. The van der Waals surface area contributed by atoms with E-state index in [1.165, 1.54) is 0 Å². The minimum atomic E-state index is -0.444. The summed E-state index contributed by atoms with van der Waals surface area (Å²) in [6, 6.07) is -0.143. The van der Waals surface area contributed by atoms with Gasteiger partial charge in [-0.2, -0.15) is 0 Å². The lowest BCUT2D eigenvalue weighted by Crippen LogP contribution is -2.41. The smallest absolute Gasteiger partial charge is 0.225 e. The van der Waals surface area contributed by atoms with Crippen LogP contribution in [-0.2, 0) is 9.53 Å². The van der Waals surface area contributed by atoms with E-state index in [0.29, 0.717) is 6.42 Å². The molecule has 0 aromatic rings. The molecule has 0 radical (unpaired) electrons. The molecular formula is C10H21NO3. The van der Waals surface area contributed by atoms with Crippen LogP contribution in [0.5, 0.6) is 0 Å². The van der Waals surface area contributed by atoms with Crippen LogP contribution in [0.3, 0.4) is 0 Å². The first-order valence-electron chi connectivity index (χ1n) is 4.75. The minimum absolute atomic E-state index is 0.0154. The van der Waals surface area contributed by atoms with E-state index in [1.54, 1.807) is 26.0 Å². The molecule has 84 valence electrons. The van der Waals surface area contributed by atoms with Crippen LogP contribution in [0, 0.1) is 0 Å². The zero-order valence-corrected chi connectivity index (χ0v) is 9.70. The van der Waals surface area contributed by atoms with Crippen molar-refractivity contribution in [2.24, 2.45) is 0 Å². The quantitative estimate of drug-likeness (QED) is 0.713. The SMILES string of the molecule is COC(C)(C)CC(=O)N(C)C(C)CO. The molecule has 4 nitrogen and oxygen atoms in total. The lowest BCUT2D eigenvalue weighted by atomic mass is 10.0. The summed E-state index contributed by atoms with van der Waals surface area (Å²) in [6.45, 7) is 5.51. The second kappa shape index (κ2) is 5.32. The fraction of sp³-hybridized carbons (Fsp3) is 0.900. The van der Waals surface area contributed by atoms with Crippen molar-refractivity contribution in [2.75, 3.05) is 20.8 Å². The summed E-state index contributed by atoms with van der Waals surface area (Å²) < 4.78 is 5.16. The minimum Gasteiger partial charge on any atom is -0.394 e. The van der Waals surface area contributed by atoms with Gasteiger partial charge in [-0.05, 0) is 20.8 Å². The number of carbonyl (C=O) groups is 1. The van der Waals surface area contributed by atoms with Crippen molar-refractivity contribution in [3.8, 4) is 0 Å². The number of likely N-dealkylation sites (N-methyl/N-ethyl adjacent to an activating group) is 1. The van der Waals surface area contributed by atoms with Crippen LogP contribution in [0.4, 0.5) is 0 Å². The van der Waals surface area contributed by atoms with Crippen molar-refractivity contribution in [2.45, 2.75) is 38.8 Å². The summed E-state index contributed by atoms with van der Waals surface area (Å²) >= 11 is 0. The van der Waals surface area contributed by atoms with Gasteiger partial charge in [0.25, 0.3) is 0 Å². The van der Waals surface area contributed by atoms with Gasteiger partial charge in [0.05, 0.1) is 24.7 Å². The second-order valence-corrected chi connectivity index (χ2v) is 4.18. The Kier molecular flexibility index (Phi) is 5.08. The molecule has 0 aromatic carbocycles. The maximum Gasteiger partial charge on any atom is 0.225 e. The fourth-order valence-electron chi connectivity index (χ4n) is 0.929. The van der Waals surface area contributed by atoms with Crippen molar-refractivity contribution < 1.29 is 14.6 Å². The van der Waals surface area contributed by atoms with Crippen molar-refractivity contribution in [1.82, 2.24) is 4.90 Å². The Morgan fingerprint density at radius 3 is 2.43 bits per heavy atom. The van der Waals surface area contributed by atoms with E-state index in [4.69, 9.17) is 9.84 Å². The van der Waals surface area contributed by atoms with Crippen LogP contribution in [0.1, 0.15) is 27.2 Å². The monoisotopic (exact) mass is 203 g/mol. The molecule has 0 aliphatic heterocycles. The molecule has 0 heterocycles. The predicted molar refractivity (Wildman–Crippen MR) is 55.0 cm³/mol. The number of aliphatic hydroxyl groups excluding tert-OH is 1. The molecule has 0 aliphatic rings. The Bertz CT molecular complexity index is 192. The van der Waals surface area contributed by atoms with Crippen molar-refractivity contribution in [3.05, 3.63) is 0 Å². The number of methoxy groups -OCH3 is 1. The normalized spacial score (nSPS) is 13.9. The molecule has 1 N–H and O–H groups in total. The largest absolute Gasteiger partial charge is 0.394 e. The number of nitrogens with zero attached hydrogens (tertiary/aromatic N) is 1. The summed E-state index contributed by atoms with van der Waals surface area (Å²) in [7, 11) is 3.28. The molecule has 14 heavy (non-hydrogen) atoms. The van der Waals surface area contributed by atoms with E-state index in [-0.39, 0.29) is 18.6 Å². The lowest BCUT2D eigenvalue weighted by Gasteiger charge is -2.28. The topological polar surface area (TPSA) is 49.8 Å². The van der Waals surface area contributed by atoms with E-state index in [2.05, 4.69) is 0 Å². The molecule has 0 aromatic heterocycles. The molecular weight excluding hydrogens is 182 g/mol. The first-order chi connectivity index (χ1) is 6.34. The van der Waals surface area contributed by atoms with Gasteiger partial charge in [-0.25, -0.2) is 0 Å². The van der Waals surface area contributed by atoms with Gasteiger partial charge in [0, 0.05) is 14.2 Å². The van der Waals surface area contributed by atoms with Gasteiger partial charge in [0.15, 0.2) is 0 Å². The highest BCUT2D eigenvalue weighted by atomic mass is 16.5. The molecule has 0 aliphatic carbocycles. The first kappa shape index (κ1) is 13.4. The van der Waals surface area contributed by atoms with Crippen LogP contribution < -0.4 is 0 Å². The molecule has 0 saturated carbocycles. The number of hydrogen-bond acceptors (Lipinski definition) is 3. The Hall–Kier alpha value is -0.610. The van der Waals surface area contributed by atoms with Crippen LogP contribution in [0.25, 0.3) is 0 Å². The molecule has 1 unspecified atom stereocenters. The highest BCUT2D eigenvalue weighted by Crippen LogP contribution is 2.14. The Labute approximate surface area is 85.9 Å². The molecule has 0 bridgehead atoms. The molecule has 4 heteroatoms. The fourth-order valence-corrected chi connectivity index (χ4v) is 0.929. The third-order valence-electron chi connectivity index (χ3n) is 2.45. The molecule has 1 atom stereocenters. The zero-order valence-electron chi connectivity index (χ0n) is 9.70.